The predicted octanol–water partition coefficient (Wildman–Crippen LogP) is 3.70. The molecule has 158 valence electrons. The monoisotopic (exact) mass is 415 g/mol. The topological polar surface area (TPSA) is 83.9 Å². The Labute approximate surface area is 179 Å². The molecule has 31 heavy (non-hydrogen) atoms. The first-order valence-electron chi connectivity index (χ1n) is 10.9. The van der Waals surface area contributed by atoms with Crippen LogP contribution in [0.4, 0.5) is 0 Å². The summed E-state index contributed by atoms with van der Waals surface area (Å²) in [5.74, 6) is 0.951. The van der Waals surface area contributed by atoms with Gasteiger partial charge in [0.15, 0.2) is 5.69 Å². The number of aromatic amines is 1. The normalized spacial score (nSPS) is 16.8. The van der Waals surface area contributed by atoms with Gasteiger partial charge in [-0.15, -0.1) is 0 Å². The van der Waals surface area contributed by atoms with Crippen LogP contribution in [-0.4, -0.2) is 43.6 Å². The van der Waals surface area contributed by atoms with Gasteiger partial charge in [-0.3, -0.25) is 9.59 Å². The zero-order valence-electron chi connectivity index (χ0n) is 17.5. The molecular formula is C24H25N5O2. The van der Waals surface area contributed by atoms with Crippen LogP contribution in [0.25, 0.3) is 21.8 Å². The molecule has 1 aliphatic rings. The average molecular weight is 415 g/mol. The molecule has 0 radical (unpaired) electrons. The zero-order chi connectivity index (χ0) is 21.4. The molecular weight excluding hydrogens is 390 g/mol. The van der Waals surface area contributed by atoms with Crippen LogP contribution in [0.2, 0.25) is 0 Å². The molecule has 0 spiro atoms. The van der Waals surface area contributed by atoms with Crippen LogP contribution in [0.5, 0.6) is 0 Å². The van der Waals surface area contributed by atoms with Gasteiger partial charge < -0.3 is 9.88 Å². The van der Waals surface area contributed by atoms with Crippen molar-refractivity contribution in [2.45, 2.75) is 38.6 Å². The van der Waals surface area contributed by atoms with Gasteiger partial charge in [-0.1, -0.05) is 37.3 Å². The third kappa shape index (κ3) is 3.50. The first kappa shape index (κ1) is 19.5. The average Bonchev–Trinajstić information content (AvgIpc) is 3.25. The smallest absolute Gasteiger partial charge is 0.274 e. The number of benzene rings is 2. The summed E-state index contributed by atoms with van der Waals surface area (Å²) >= 11 is 0. The number of H-pyrrole nitrogens is 1. The van der Waals surface area contributed by atoms with E-state index in [0.717, 1.165) is 36.1 Å². The van der Waals surface area contributed by atoms with E-state index in [4.69, 9.17) is 4.98 Å². The van der Waals surface area contributed by atoms with Gasteiger partial charge in [0.2, 0.25) is 0 Å². The lowest BCUT2D eigenvalue weighted by molar-refractivity contribution is 0.0698. The molecule has 4 aromatic rings. The molecule has 7 heteroatoms. The number of aryl methyl sites for hydroxylation is 1. The molecule has 1 fully saturated rings. The van der Waals surface area contributed by atoms with Crippen LogP contribution in [0, 0.1) is 0 Å². The van der Waals surface area contributed by atoms with Crippen molar-refractivity contribution in [2.75, 3.05) is 13.1 Å². The lowest BCUT2D eigenvalue weighted by Crippen LogP contribution is -2.40. The number of nitrogens with zero attached hydrogens (tertiary/aromatic N) is 4. The van der Waals surface area contributed by atoms with Crippen LogP contribution in [0.3, 0.4) is 0 Å². The van der Waals surface area contributed by atoms with Crippen LogP contribution in [-0.2, 0) is 6.54 Å². The summed E-state index contributed by atoms with van der Waals surface area (Å²) in [5, 5.41) is 5.65. The number of likely N-dealkylation sites (tertiary alicyclic amines) is 1. The number of hydrogen-bond acceptors (Lipinski definition) is 4. The number of fused-ring (bicyclic) bond motifs is 2. The third-order valence-electron chi connectivity index (χ3n) is 6.01. The molecule has 0 bridgehead atoms. The quantitative estimate of drug-likeness (QED) is 0.551. The number of para-hydroxylation sites is 2. The molecule has 7 nitrogen and oxygen atoms in total. The lowest BCUT2D eigenvalue weighted by Gasteiger charge is -2.32. The van der Waals surface area contributed by atoms with E-state index >= 15 is 0 Å². The molecule has 0 aliphatic carbocycles. The van der Waals surface area contributed by atoms with Crippen molar-refractivity contribution in [3.8, 4) is 0 Å². The van der Waals surface area contributed by atoms with Gasteiger partial charge >= 0.3 is 0 Å². The van der Waals surface area contributed by atoms with E-state index in [1.165, 1.54) is 4.68 Å². The Morgan fingerprint density at radius 1 is 1.13 bits per heavy atom. The minimum Gasteiger partial charge on any atom is -0.342 e. The number of nitrogens with one attached hydrogen (secondary N) is 1. The highest BCUT2D eigenvalue weighted by Crippen LogP contribution is 2.28. The molecule has 1 amide bonds. The van der Waals surface area contributed by atoms with Gasteiger partial charge in [-0.05, 0) is 37.5 Å². The number of carbonyl (C=O) groups excluding carboxylic acids is 1. The summed E-state index contributed by atoms with van der Waals surface area (Å²) in [7, 11) is 0. The largest absolute Gasteiger partial charge is 0.342 e. The van der Waals surface area contributed by atoms with E-state index in [-0.39, 0.29) is 17.4 Å². The standard InChI is InChI=1S/C24H25N5O2/c1-2-13-29-23(30)18-10-4-3-9-17(18)21(27-29)24(31)28-14-7-8-16(15-28)22-25-19-11-5-6-12-20(19)26-22/h3-6,9-12,16H,2,7-8,13-15H2,1H3,(H,25,26). The van der Waals surface area contributed by atoms with Crippen molar-refractivity contribution in [3.05, 3.63) is 70.4 Å². The highest BCUT2D eigenvalue weighted by molar-refractivity contribution is 6.04. The van der Waals surface area contributed by atoms with Crippen molar-refractivity contribution in [1.82, 2.24) is 24.6 Å². The van der Waals surface area contributed by atoms with E-state index in [1.807, 2.05) is 54.3 Å². The van der Waals surface area contributed by atoms with Crippen LogP contribution >= 0.6 is 0 Å². The second-order valence-electron chi connectivity index (χ2n) is 8.15. The van der Waals surface area contributed by atoms with Gasteiger partial charge in [-0.25, -0.2) is 9.67 Å². The molecule has 1 N–H and O–H groups in total. The number of rotatable bonds is 4. The molecule has 3 heterocycles. The van der Waals surface area contributed by atoms with Crippen molar-refractivity contribution >= 4 is 27.7 Å². The van der Waals surface area contributed by atoms with E-state index in [2.05, 4.69) is 10.1 Å². The molecule has 5 rings (SSSR count). The fraction of sp³-hybridized carbons (Fsp3) is 0.333. The number of aromatic nitrogens is 4. The number of carbonyl (C=O) groups is 1. The summed E-state index contributed by atoms with van der Waals surface area (Å²) in [6.45, 7) is 3.75. The van der Waals surface area contributed by atoms with Crippen molar-refractivity contribution < 1.29 is 4.79 Å². The Kier molecular flexibility index (Phi) is 5.02. The van der Waals surface area contributed by atoms with Crippen molar-refractivity contribution in [2.24, 2.45) is 0 Å². The van der Waals surface area contributed by atoms with Gasteiger partial charge in [0.1, 0.15) is 5.82 Å². The van der Waals surface area contributed by atoms with Crippen molar-refractivity contribution in [1.29, 1.82) is 0 Å². The predicted molar refractivity (Wildman–Crippen MR) is 120 cm³/mol. The second-order valence-corrected chi connectivity index (χ2v) is 8.15. The van der Waals surface area contributed by atoms with Gasteiger partial charge in [-0.2, -0.15) is 5.10 Å². The molecule has 1 saturated heterocycles. The van der Waals surface area contributed by atoms with Crippen molar-refractivity contribution in [3.63, 3.8) is 0 Å². The molecule has 1 unspecified atom stereocenters. The fourth-order valence-corrected chi connectivity index (χ4v) is 4.46. The molecule has 1 atom stereocenters. The minimum atomic E-state index is -0.146. The number of imidazole rings is 1. The third-order valence-corrected chi connectivity index (χ3v) is 6.01. The Bertz CT molecular complexity index is 1290. The summed E-state index contributed by atoms with van der Waals surface area (Å²) in [5.41, 5.74) is 2.17. The summed E-state index contributed by atoms with van der Waals surface area (Å²) in [6, 6.07) is 15.2. The first-order valence-corrected chi connectivity index (χ1v) is 10.9. The molecule has 1 aliphatic heterocycles. The zero-order valence-corrected chi connectivity index (χ0v) is 17.5. The summed E-state index contributed by atoms with van der Waals surface area (Å²) < 4.78 is 1.43. The Hall–Kier alpha value is -3.48. The van der Waals surface area contributed by atoms with Crippen LogP contribution < -0.4 is 5.56 Å². The number of piperidine rings is 1. The molecule has 0 saturated carbocycles. The molecule has 2 aromatic heterocycles. The Morgan fingerprint density at radius 3 is 2.71 bits per heavy atom. The number of amides is 1. The van der Waals surface area contributed by atoms with Gasteiger partial charge in [0.05, 0.1) is 16.4 Å². The second kappa shape index (κ2) is 7.98. The Morgan fingerprint density at radius 2 is 1.90 bits per heavy atom. The lowest BCUT2D eigenvalue weighted by atomic mass is 9.97. The minimum absolute atomic E-state index is 0.123. The first-order chi connectivity index (χ1) is 15.2. The van der Waals surface area contributed by atoms with E-state index in [0.29, 0.717) is 36.1 Å². The maximum absolute atomic E-state index is 13.5. The highest BCUT2D eigenvalue weighted by Gasteiger charge is 2.29. The van der Waals surface area contributed by atoms with E-state index in [9.17, 15) is 9.59 Å². The number of hydrogen-bond donors (Lipinski definition) is 1. The highest BCUT2D eigenvalue weighted by atomic mass is 16.2. The summed E-state index contributed by atoms with van der Waals surface area (Å²) in [6.07, 6.45) is 2.66. The SMILES string of the molecule is CCCn1nc(C(=O)N2CCCC(c3nc4ccccc4[nH]3)C2)c2ccccc2c1=O. The van der Waals surface area contributed by atoms with Gasteiger partial charge in [0, 0.05) is 30.9 Å². The summed E-state index contributed by atoms with van der Waals surface area (Å²) in [4.78, 5) is 36.3. The molecule has 2 aromatic carbocycles. The van der Waals surface area contributed by atoms with E-state index < -0.39 is 0 Å². The van der Waals surface area contributed by atoms with Gasteiger partial charge in [0.25, 0.3) is 11.5 Å². The maximum Gasteiger partial charge on any atom is 0.274 e. The van der Waals surface area contributed by atoms with E-state index in [1.54, 1.807) is 6.07 Å². The van der Waals surface area contributed by atoms with Crippen LogP contribution in [0.15, 0.2) is 53.3 Å². The fourth-order valence-electron chi connectivity index (χ4n) is 4.46. The van der Waals surface area contributed by atoms with Crippen LogP contribution in [0.1, 0.15) is 48.4 Å². The Balaban J connectivity index is 1.49. The maximum atomic E-state index is 13.5.